The van der Waals surface area contributed by atoms with Crippen molar-refractivity contribution in [3.63, 3.8) is 0 Å². The molecule has 2 rings (SSSR count). The Morgan fingerprint density at radius 3 is 1.21 bits per heavy atom. The molecule has 0 heterocycles. The SMILES string of the molecule is COc1cc(OC(C)(C)C)cc(C=CC(=O)c2c(OC(C)(C)C)c(OC(C)(C)C)cc(OC(C)(C)C)c2OC(C)(C)C)c1OC(C)(C)C. The minimum Gasteiger partial charge on any atom is -0.493 e. The summed E-state index contributed by atoms with van der Waals surface area (Å²) >= 11 is 0. The highest BCUT2D eigenvalue weighted by molar-refractivity contribution is 6.12. The van der Waals surface area contributed by atoms with Gasteiger partial charge >= 0.3 is 0 Å². The zero-order valence-electron chi connectivity index (χ0n) is 33.2. The van der Waals surface area contributed by atoms with Crippen LogP contribution in [0.2, 0.25) is 0 Å². The molecule has 48 heavy (non-hydrogen) atoms. The Bertz CT molecular complexity index is 1400. The van der Waals surface area contributed by atoms with E-state index >= 15 is 0 Å². The van der Waals surface area contributed by atoms with Crippen molar-refractivity contribution in [2.24, 2.45) is 0 Å². The van der Waals surface area contributed by atoms with Crippen LogP contribution in [0.25, 0.3) is 6.08 Å². The summed E-state index contributed by atoms with van der Waals surface area (Å²) in [6, 6.07) is 5.39. The summed E-state index contributed by atoms with van der Waals surface area (Å²) in [4.78, 5) is 14.7. The van der Waals surface area contributed by atoms with Crippen molar-refractivity contribution in [3.05, 3.63) is 35.4 Å². The average molecular weight is 671 g/mol. The van der Waals surface area contributed by atoms with Crippen LogP contribution in [0.1, 0.15) is 141 Å². The smallest absolute Gasteiger partial charge is 0.193 e. The van der Waals surface area contributed by atoms with Crippen LogP contribution < -0.4 is 33.2 Å². The van der Waals surface area contributed by atoms with Gasteiger partial charge in [0.1, 0.15) is 44.9 Å². The number of allylic oxidation sites excluding steroid dienone is 1. The van der Waals surface area contributed by atoms with Crippen LogP contribution in [0.15, 0.2) is 24.3 Å². The summed E-state index contributed by atoms with van der Waals surface area (Å²) in [5.74, 6) is 2.42. The fraction of sp³-hybridized carbons (Fsp3) is 0.625. The Kier molecular flexibility index (Phi) is 12.0. The zero-order chi connectivity index (χ0) is 37.3. The maximum Gasteiger partial charge on any atom is 0.193 e. The molecule has 0 aromatic heterocycles. The molecule has 0 atom stereocenters. The topological polar surface area (TPSA) is 81.7 Å². The lowest BCUT2D eigenvalue weighted by Crippen LogP contribution is -2.30. The van der Waals surface area contributed by atoms with Gasteiger partial charge in [0.25, 0.3) is 0 Å². The molecule has 2 aromatic rings. The molecule has 8 nitrogen and oxygen atoms in total. The first-order chi connectivity index (χ1) is 21.4. The van der Waals surface area contributed by atoms with E-state index in [1.54, 1.807) is 25.3 Å². The maximum atomic E-state index is 14.7. The van der Waals surface area contributed by atoms with Crippen LogP contribution in [0.4, 0.5) is 0 Å². The highest BCUT2D eigenvalue weighted by Crippen LogP contribution is 2.49. The second-order valence-electron chi connectivity index (χ2n) is 17.9. The lowest BCUT2D eigenvalue weighted by Gasteiger charge is -2.33. The van der Waals surface area contributed by atoms with E-state index in [0.717, 1.165) is 0 Å². The molecular weight excluding hydrogens is 608 g/mol. The lowest BCUT2D eigenvalue weighted by atomic mass is 10.0. The maximum absolute atomic E-state index is 14.7. The minimum absolute atomic E-state index is 0.185. The molecule has 0 aliphatic carbocycles. The molecule has 0 N–H and O–H groups in total. The molecule has 0 bridgehead atoms. The predicted octanol–water partition coefficient (Wildman–Crippen LogP) is 10.7. The van der Waals surface area contributed by atoms with Crippen molar-refractivity contribution in [2.45, 2.75) is 158 Å². The molecule has 0 aliphatic heterocycles. The normalized spacial score (nSPS) is 13.3. The van der Waals surface area contributed by atoms with Crippen molar-refractivity contribution in [1.29, 1.82) is 0 Å². The van der Waals surface area contributed by atoms with E-state index in [4.69, 9.17) is 33.2 Å². The van der Waals surface area contributed by atoms with Gasteiger partial charge in [-0.15, -0.1) is 0 Å². The molecule has 0 aliphatic rings. The molecular formula is C40H62O8. The average Bonchev–Trinajstić information content (AvgIpc) is 2.81. The van der Waals surface area contributed by atoms with Crippen LogP contribution in [0, 0.1) is 0 Å². The van der Waals surface area contributed by atoms with Crippen molar-refractivity contribution < 1.29 is 38.0 Å². The number of carbonyl (C=O) groups is 1. The molecule has 270 valence electrons. The number of carbonyl (C=O) groups excluding carboxylic acids is 1. The van der Waals surface area contributed by atoms with E-state index in [1.165, 1.54) is 6.08 Å². The third-order valence-electron chi connectivity index (χ3n) is 5.58. The van der Waals surface area contributed by atoms with E-state index in [2.05, 4.69) is 0 Å². The highest BCUT2D eigenvalue weighted by Gasteiger charge is 2.34. The summed E-state index contributed by atoms with van der Waals surface area (Å²) in [6.07, 6.45) is 3.18. The molecule has 0 radical (unpaired) electrons. The van der Waals surface area contributed by atoms with Gasteiger partial charge in [-0.1, -0.05) is 0 Å². The summed E-state index contributed by atoms with van der Waals surface area (Å²) < 4.78 is 44.3. The quantitative estimate of drug-likeness (QED) is 0.182. The third-order valence-corrected chi connectivity index (χ3v) is 5.58. The number of methoxy groups -OCH3 is 1. The number of hydrogen-bond acceptors (Lipinski definition) is 8. The Balaban J connectivity index is 3.04. The predicted molar refractivity (Wildman–Crippen MR) is 195 cm³/mol. The van der Waals surface area contributed by atoms with Crippen molar-refractivity contribution >= 4 is 11.9 Å². The summed E-state index contributed by atoms with van der Waals surface area (Å²) in [6.45, 7) is 34.9. The first-order valence-corrected chi connectivity index (χ1v) is 16.7. The van der Waals surface area contributed by atoms with Gasteiger partial charge in [0, 0.05) is 17.7 Å². The number of hydrogen-bond donors (Lipinski definition) is 0. The van der Waals surface area contributed by atoms with Crippen molar-refractivity contribution in [3.8, 4) is 40.2 Å². The van der Waals surface area contributed by atoms with E-state index < -0.39 is 33.6 Å². The number of benzene rings is 2. The standard InChI is InChI=1S/C40H62O8/c1-35(2,3)43-26-22-25(32(28(23-26)42-19)46-38(10,11)12)20-21-27(41)31-33(47-39(13,14)15)29(44-36(4,5)6)24-30(45-37(7,8)9)34(31)48-40(16,17)18/h20-24H,1-19H3. The van der Waals surface area contributed by atoms with Crippen LogP contribution in [-0.4, -0.2) is 46.5 Å². The fourth-order valence-corrected chi connectivity index (χ4v) is 4.40. The summed E-state index contributed by atoms with van der Waals surface area (Å²) in [5.41, 5.74) is -2.82. The second kappa shape index (κ2) is 14.1. The Morgan fingerprint density at radius 2 is 0.854 bits per heavy atom. The van der Waals surface area contributed by atoms with Crippen molar-refractivity contribution in [1.82, 2.24) is 0 Å². The van der Waals surface area contributed by atoms with Gasteiger partial charge < -0.3 is 33.2 Å². The molecule has 8 heteroatoms. The van der Waals surface area contributed by atoms with E-state index in [0.29, 0.717) is 34.3 Å². The molecule has 0 amide bonds. The molecule has 2 aromatic carbocycles. The number of ether oxygens (including phenoxy) is 7. The molecule has 0 fully saturated rings. The van der Waals surface area contributed by atoms with Crippen LogP contribution in [0.5, 0.6) is 40.2 Å². The first kappa shape index (κ1) is 40.6. The minimum atomic E-state index is -0.681. The summed E-state index contributed by atoms with van der Waals surface area (Å²) in [7, 11) is 1.58. The third kappa shape index (κ3) is 13.5. The van der Waals surface area contributed by atoms with Gasteiger partial charge in [0.15, 0.2) is 40.3 Å². The number of ketones is 1. The zero-order valence-corrected chi connectivity index (χ0v) is 33.2. The van der Waals surface area contributed by atoms with Gasteiger partial charge in [-0.2, -0.15) is 0 Å². The number of rotatable bonds is 10. The van der Waals surface area contributed by atoms with Crippen LogP contribution >= 0.6 is 0 Å². The fourth-order valence-electron chi connectivity index (χ4n) is 4.40. The van der Waals surface area contributed by atoms with Gasteiger partial charge in [-0.05, 0) is 143 Å². The first-order valence-electron chi connectivity index (χ1n) is 16.7. The van der Waals surface area contributed by atoms with E-state index in [-0.39, 0.29) is 22.8 Å². The Morgan fingerprint density at radius 1 is 0.479 bits per heavy atom. The van der Waals surface area contributed by atoms with Crippen LogP contribution in [-0.2, 0) is 0 Å². The monoisotopic (exact) mass is 670 g/mol. The van der Waals surface area contributed by atoms with Gasteiger partial charge in [0.2, 0.25) is 0 Å². The van der Waals surface area contributed by atoms with Crippen LogP contribution in [0.3, 0.4) is 0 Å². The van der Waals surface area contributed by atoms with Crippen molar-refractivity contribution in [2.75, 3.05) is 7.11 Å². The Labute approximate surface area is 290 Å². The van der Waals surface area contributed by atoms with Gasteiger partial charge in [-0.25, -0.2) is 0 Å². The molecule has 0 saturated heterocycles. The van der Waals surface area contributed by atoms with Gasteiger partial charge in [-0.3, -0.25) is 4.79 Å². The summed E-state index contributed by atoms with van der Waals surface area (Å²) in [5, 5.41) is 0. The van der Waals surface area contributed by atoms with E-state index in [1.807, 2.05) is 131 Å². The van der Waals surface area contributed by atoms with Gasteiger partial charge in [0.05, 0.1) is 7.11 Å². The molecule has 0 unspecified atom stereocenters. The van der Waals surface area contributed by atoms with E-state index in [9.17, 15) is 4.79 Å². The lowest BCUT2D eigenvalue weighted by molar-refractivity contribution is 0.0773. The second-order valence-corrected chi connectivity index (χ2v) is 17.9. The Hall–Kier alpha value is -3.55. The highest BCUT2D eigenvalue weighted by atomic mass is 16.6. The molecule has 0 saturated carbocycles. The largest absolute Gasteiger partial charge is 0.493 e. The molecule has 0 spiro atoms.